The molecule has 4 aromatic rings. The molecule has 5 rings (SSSR count). The number of aryl methyl sites for hydroxylation is 2. The zero-order chi connectivity index (χ0) is 22.4. The van der Waals surface area contributed by atoms with Gasteiger partial charge in [0.05, 0.1) is 29.4 Å². The Kier molecular flexibility index (Phi) is 5.19. The van der Waals surface area contributed by atoms with Gasteiger partial charge < -0.3 is 9.64 Å². The van der Waals surface area contributed by atoms with Crippen LogP contribution < -0.4 is 10.5 Å². The Bertz CT molecular complexity index is 1360. The van der Waals surface area contributed by atoms with E-state index in [-0.39, 0.29) is 11.7 Å². The number of anilines is 1. The molecule has 1 fully saturated rings. The quantitative estimate of drug-likeness (QED) is 0.476. The standard InChI is InChI=1S/C23H23ClN6O2/c1-14-26-18-10-20(30-8-9-32-19(13-30)16-11-25-28(2)12-16)27-22(21(18)23(31)29(14)3)15-4-6-17(24)7-5-15/h4-7,10-12,19H,8-9,13H2,1-3H3/t19-/m0/s1. The number of halogens is 1. The summed E-state index contributed by atoms with van der Waals surface area (Å²) in [7, 11) is 3.62. The number of ether oxygens (including phenoxy) is 1. The summed E-state index contributed by atoms with van der Waals surface area (Å²) in [5.41, 5.74) is 2.96. The second-order valence-corrected chi connectivity index (χ2v) is 8.44. The van der Waals surface area contributed by atoms with Crippen molar-refractivity contribution in [1.29, 1.82) is 0 Å². The van der Waals surface area contributed by atoms with Crippen molar-refractivity contribution in [3.63, 3.8) is 0 Å². The van der Waals surface area contributed by atoms with E-state index in [0.29, 0.717) is 47.1 Å². The lowest BCUT2D eigenvalue weighted by molar-refractivity contribution is 0.0395. The molecule has 1 aromatic carbocycles. The molecule has 1 atom stereocenters. The topological polar surface area (TPSA) is 78.1 Å². The number of benzene rings is 1. The highest BCUT2D eigenvalue weighted by Crippen LogP contribution is 2.31. The summed E-state index contributed by atoms with van der Waals surface area (Å²) in [6.45, 7) is 3.72. The van der Waals surface area contributed by atoms with Gasteiger partial charge in [0.15, 0.2) is 0 Å². The van der Waals surface area contributed by atoms with E-state index in [1.54, 1.807) is 28.4 Å². The van der Waals surface area contributed by atoms with Gasteiger partial charge in [0.1, 0.15) is 17.7 Å². The van der Waals surface area contributed by atoms with Crippen LogP contribution in [0.3, 0.4) is 0 Å². The third-order valence-corrected chi connectivity index (χ3v) is 6.13. The Morgan fingerprint density at radius 3 is 2.66 bits per heavy atom. The molecule has 8 nitrogen and oxygen atoms in total. The highest BCUT2D eigenvalue weighted by molar-refractivity contribution is 6.30. The van der Waals surface area contributed by atoms with Crippen molar-refractivity contribution in [2.75, 3.05) is 24.6 Å². The van der Waals surface area contributed by atoms with Crippen LogP contribution in [-0.2, 0) is 18.8 Å². The fourth-order valence-electron chi connectivity index (χ4n) is 4.03. The van der Waals surface area contributed by atoms with Crippen molar-refractivity contribution in [2.24, 2.45) is 14.1 Å². The number of pyridine rings is 1. The first-order valence-corrected chi connectivity index (χ1v) is 10.8. The third-order valence-electron chi connectivity index (χ3n) is 5.88. The average Bonchev–Trinajstić information content (AvgIpc) is 3.24. The van der Waals surface area contributed by atoms with Crippen molar-refractivity contribution in [2.45, 2.75) is 13.0 Å². The van der Waals surface area contributed by atoms with Crippen molar-refractivity contribution in [3.8, 4) is 11.3 Å². The van der Waals surface area contributed by atoms with Crippen molar-refractivity contribution < 1.29 is 4.74 Å². The van der Waals surface area contributed by atoms with Gasteiger partial charge in [0.2, 0.25) is 0 Å². The van der Waals surface area contributed by atoms with Crippen molar-refractivity contribution >= 4 is 28.3 Å². The fraction of sp³-hybridized carbons (Fsp3) is 0.304. The average molecular weight is 451 g/mol. The molecule has 1 aliphatic heterocycles. The largest absolute Gasteiger partial charge is 0.370 e. The smallest absolute Gasteiger partial charge is 0.263 e. The molecule has 0 unspecified atom stereocenters. The predicted octanol–water partition coefficient (Wildman–Crippen LogP) is 3.27. The van der Waals surface area contributed by atoms with E-state index < -0.39 is 0 Å². The predicted molar refractivity (Wildman–Crippen MR) is 124 cm³/mol. The highest BCUT2D eigenvalue weighted by Gasteiger charge is 2.26. The SMILES string of the molecule is Cc1nc2cc(N3CCO[C@H](c4cnn(C)c4)C3)nc(-c3ccc(Cl)cc3)c2c(=O)n1C. The highest BCUT2D eigenvalue weighted by atomic mass is 35.5. The van der Waals surface area contributed by atoms with Crippen LogP contribution in [0.2, 0.25) is 5.02 Å². The molecule has 3 aromatic heterocycles. The first-order valence-electron chi connectivity index (χ1n) is 10.4. The summed E-state index contributed by atoms with van der Waals surface area (Å²) < 4.78 is 9.31. The first-order chi connectivity index (χ1) is 15.4. The van der Waals surface area contributed by atoms with E-state index >= 15 is 0 Å². The minimum Gasteiger partial charge on any atom is -0.370 e. The van der Waals surface area contributed by atoms with Gasteiger partial charge in [0, 0.05) is 55.6 Å². The van der Waals surface area contributed by atoms with Crippen molar-refractivity contribution in [3.05, 3.63) is 69.5 Å². The summed E-state index contributed by atoms with van der Waals surface area (Å²) in [5, 5.41) is 5.39. The zero-order valence-corrected chi connectivity index (χ0v) is 18.9. The van der Waals surface area contributed by atoms with E-state index in [2.05, 4.69) is 10.00 Å². The molecule has 4 heterocycles. The van der Waals surface area contributed by atoms with E-state index in [1.807, 2.05) is 44.6 Å². The molecule has 32 heavy (non-hydrogen) atoms. The number of morpholine rings is 1. The van der Waals surface area contributed by atoms with Gasteiger partial charge in [0.25, 0.3) is 5.56 Å². The van der Waals surface area contributed by atoms with Crippen LogP contribution in [0, 0.1) is 6.92 Å². The molecule has 0 amide bonds. The Morgan fingerprint density at radius 2 is 1.94 bits per heavy atom. The van der Waals surface area contributed by atoms with E-state index in [1.165, 1.54) is 0 Å². The maximum Gasteiger partial charge on any atom is 0.263 e. The molecule has 0 aliphatic carbocycles. The molecule has 0 radical (unpaired) electrons. The molecule has 1 aliphatic rings. The minimum atomic E-state index is -0.119. The van der Waals surface area contributed by atoms with E-state index in [0.717, 1.165) is 16.9 Å². The Morgan fingerprint density at radius 1 is 1.16 bits per heavy atom. The van der Waals surface area contributed by atoms with Crippen LogP contribution >= 0.6 is 11.6 Å². The fourth-order valence-corrected chi connectivity index (χ4v) is 4.15. The second kappa shape index (κ2) is 8.03. The number of aromatic nitrogens is 5. The maximum absolute atomic E-state index is 13.2. The summed E-state index contributed by atoms with van der Waals surface area (Å²) in [6.07, 6.45) is 3.69. The van der Waals surface area contributed by atoms with E-state index in [9.17, 15) is 4.79 Å². The van der Waals surface area contributed by atoms with Crippen LogP contribution in [0.25, 0.3) is 22.2 Å². The minimum absolute atomic E-state index is 0.104. The van der Waals surface area contributed by atoms with Gasteiger partial charge >= 0.3 is 0 Å². The third kappa shape index (κ3) is 3.65. The number of fused-ring (bicyclic) bond motifs is 1. The lowest BCUT2D eigenvalue weighted by Gasteiger charge is -2.33. The van der Waals surface area contributed by atoms with E-state index in [4.69, 9.17) is 26.3 Å². The molecule has 0 N–H and O–H groups in total. The van der Waals surface area contributed by atoms with Gasteiger partial charge in [-0.25, -0.2) is 9.97 Å². The van der Waals surface area contributed by atoms with Gasteiger partial charge in [-0.05, 0) is 19.1 Å². The molecule has 164 valence electrons. The van der Waals surface area contributed by atoms with Crippen LogP contribution in [0.4, 0.5) is 5.82 Å². The van der Waals surface area contributed by atoms with Gasteiger partial charge in [-0.1, -0.05) is 23.7 Å². The lowest BCUT2D eigenvalue weighted by Crippen LogP contribution is -2.39. The summed E-state index contributed by atoms with van der Waals surface area (Å²) in [4.78, 5) is 25.0. The molecular formula is C23H23ClN6O2. The second-order valence-electron chi connectivity index (χ2n) is 8.01. The number of hydrogen-bond acceptors (Lipinski definition) is 6. The van der Waals surface area contributed by atoms with Gasteiger partial charge in [-0.15, -0.1) is 0 Å². The molecule has 0 saturated carbocycles. The molecule has 0 bridgehead atoms. The Hall–Kier alpha value is -3.23. The Labute approximate surface area is 190 Å². The van der Waals surface area contributed by atoms with Crippen LogP contribution in [0.5, 0.6) is 0 Å². The summed E-state index contributed by atoms with van der Waals surface area (Å²) >= 11 is 6.10. The van der Waals surface area contributed by atoms with Gasteiger partial charge in [-0.2, -0.15) is 5.10 Å². The number of hydrogen-bond donors (Lipinski definition) is 0. The summed E-state index contributed by atoms with van der Waals surface area (Å²) in [5.74, 6) is 1.41. The van der Waals surface area contributed by atoms with Crippen molar-refractivity contribution in [1.82, 2.24) is 24.3 Å². The molecule has 0 spiro atoms. The number of nitrogens with zero attached hydrogens (tertiary/aromatic N) is 6. The summed E-state index contributed by atoms with van der Waals surface area (Å²) in [6, 6.07) is 9.26. The normalized spacial score (nSPS) is 16.6. The monoisotopic (exact) mass is 450 g/mol. The lowest BCUT2D eigenvalue weighted by atomic mass is 10.1. The molecular weight excluding hydrogens is 428 g/mol. The van der Waals surface area contributed by atoms with Crippen LogP contribution in [0.1, 0.15) is 17.5 Å². The molecule has 9 heteroatoms. The number of rotatable bonds is 3. The first kappa shape index (κ1) is 20.7. The van der Waals surface area contributed by atoms with Crippen LogP contribution in [0.15, 0.2) is 47.5 Å². The van der Waals surface area contributed by atoms with Gasteiger partial charge in [-0.3, -0.25) is 14.0 Å². The van der Waals surface area contributed by atoms with Crippen LogP contribution in [-0.4, -0.2) is 44.0 Å². The zero-order valence-electron chi connectivity index (χ0n) is 18.1. The Balaban J connectivity index is 1.64. The molecule has 1 saturated heterocycles. The maximum atomic E-state index is 13.2.